The van der Waals surface area contributed by atoms with Gasteiger partial charge in [0, 0.05) is 4.90 Å². The van der Waals surface area contributed by atoms with Gasteiger partial charge < -0.3 is 5.73 Å². The molecule has 0 heterocycles. The average molecular weight is 218 g/mol. The van der Waals surface area contributed by atoms with Crippen molar-refractivity contribution in [3.8, 4) is 0 Å². The average Bonchev–Trinajstić information content (AvgIpc) is 2.09. The van der Waals surface area contributed by atoms with Crippen LogP contribution in [0.3, 0.4) is 0 Å². The molecule has 0 atom stereocenters. The fraction of sp³-hybridized carbons (Fsp3) is 0.400. The molecule has 0 saturated carbocycles. The van der Waals surface area contributed by atoms with Gasteiger partial charge in [0.05, 0.1) is 0 Å². The summed E-state index contributed by atoms with van der Waals surface area (Å²) in [5.74, 6) is 1.13. The molecule has 0 unspecified atom stereocenters. The highest BCUT2D eigenvalue weighted by molar-refractivity contribution is 7.99. The third kappa shape index (κ3) is 4.03. The van der Waals surface area contributed by atoms with Crippen LogP contribution < -0.4 is 5.73 Å². The van der Waals surface area contributed by atoms with Crippen LogP contribution in [0.15, 0.2) is 29.2 Å². The summed E-state index contributed by atoms with van der Waals surface area (Å²) in [7, 11) is 0. The summed E-state index contributed by atoms with van der Waals surface area (Å²) in [5, 5.41) is 0. The number of hydrogen-bond acceptors (Lipinski definition) is 2. The summed E-state index contributed by atoms with van der Waals surface area (Å²) < 4.78 is 0. The summed E-state index contributed by atoms with van der Waals surface area (Å²) in [6, 6.07) is 8.48. The second kappa shape index (κ2) is 7.25. The second-order valence-corrected chi connectivity index (χ2v) is 3.89. The molecule has 0 bridgehead atoms. The van der Waals surface area contributed by atoms with E-state index in [-0.39, 0.29) is 12.4 Å². The van der Waals surface area contributed by atoms with Crippen LogP contribution in [0.1, 0.15) is 12.5 Å². The lowest BCUT2D eigenvalue weighted by molar-refractivity contribution is 0.944. The Hall–Kier alpha value is -0.180. The SMILES string of the molecule is CCSc1ccccc1CCN.Cl. The van der Waals surface area contributed by atoms with Crippen molar-refractivity contribution in [1.29, 1.82) is 0 Å². The van der Waals surface area contributed by atoms with Crippen LogP contribution in [0.4, 0.5) is 0 Å². The Morgan fingerprint density at radius 2 is 2.00 bits per heavy atom. The van der Waals surface area contributed by atoms with E-state index in [1.54, 1.807) is 0 Å². The molecule has 0 amide bonds. The lowest BCUT2D eigenvalue weighted by Gasteiger charge is -2.05. The van der Waals surface area contributed by atoms with E-state index in [0.717, 1.165) is 18.7 Å². The number of nitrogens with two attached hydrogens (primary N) is 1. The molecule has 0 aliphatic heterocycles. The van der Waals surface area contributed by atoms with Crippen LogP contribution in [0.25, 0.3) is 0 Å². The molecule has 1 aromatic carbocycles. The maximum Gasteiger partial charge on any atom is 0.0104 e. The van der Waals surface area contributed by atoms with E-state index >= 15 is 0 Å². The minimum atomic E-state index is 0. The topological polar surface area (TPSA) is 26.0 Å². The van der Waals surface area contributed by atoms with E-state index in [0.29, 0.717) is 0 Å². The van der Waals surface area contributed by atoms with Crippen molar-refractivity contribution in [3.05, 3.63) is 29.8 Å². The maximum atomic E-state index is 5.52. The molecule has 0 saturated heterocycles. The van der Waals surface area contributed by atoms with Gasteiger partial charge in [0.1, 0.15) is 0 Å². The molecule has 13 heavy (non-hydrogen) atoms. The van der Waals surface area contributed by atoms with Crippen LogP contribution in [0.5, 0.6) is 0 Å². The summed E-state index contributed by atoms with van der Waals surface area (Å²) in [5.41, 5.74) is 6.90. The molecule has 1 nitrogen and oxygen atoms in total. The summed E-state index contributed by atoms with van der Waals surface area (Å²) >= 11 is 1.89. The van der Waals surface area contributed by atoms with Crippen LogP contribution in [0.2, 0.25) is 0 Å². The van der Waals surface area contributed by atoms with E-state index in [1.807, 2.05) is 11.8 Å². The Labute approximate surface area is 90.5 Å². The Morgan fingerprint density at radius 1 is 1.31 bits per heavy atom. The highest BCUT2D eigenvalue weighted by Gasteiger charge is 1.98. The highest BCUT2D eigenvalue weighted by Crippen LogP contribution is 2.22. The molecule has 1 aromatic rings. The second-order valence-electron chi connectivity index (χ2n) is 2.58. The number of thioether (sulfide) groups is 1. The Morgan fingerprint density at radius 3 is 2.62 bits per heavy atom. The molecule has 0 aliphatic carbocycles. The molecule has 0 radical (unpaired) electrons. The van der Waals surface area contributed by atoms with Gasteiger partial charge in [-0.05, 0) is 30.3 Å². The first-order chi connectivity index (χ1) is 5.88. The largest absolute Gasteiger partial charge is 0.330 e. The molecule has 0 fully saturated rings. The van der Waals surface area contributed by atoms with Crippen LogP contribution >= 0.6 is 24.2 Å². The quantitative estimate of drug-likeness (QED) is 0.785. The molecule has 74 valence electrons. The van der Waals surface area contributed by atoms with Crippen molar-refractivity contribution in [2.45, 2.75) is 18.2 Å². The number of hydrogen-bond donors (Lipinski definition) is 1. The molecule has 0 spiro atoms. The number of benzene rings is 1. The molecular weight excluding hydrogens is 202 g/mol. The van der Waals surface area contributed by atoms with E-state index in [2.05, 4.69) is 31.2 Å². The number of halogens is 1. The third-order valence-electron chi connectivity index (χ3n) is 1.69. The minimum absolute atomic E-state index is 0. The molecule has 2 N–H and O–H groups in total. The Balaban J connectivity index is 0.00000144. The van der Waals surface area contributed by atoms with Gasteiger partial charge in [0.2, 0.25) is 0 Å². The van der Waals surface area contributed by atoms with Crippen molar-refractivity contribution in [2.24, 2.45) is 5.73 Å². The van der Waals surface area contributed by atoms with Gasteiger partial charge in [-0.3, -0.25) is 0 Å². The van der Waals surface area contributed by atoms with Gasteiger partial charge in [-0.15, -0.1) is 24.2 Å². The molecule has 0 aliphatic rings. The van der Waals surface area contributed by atoms with E-state index in [9.17, 15) is 0 Å². The third-order valence-corrected chi connectivity index (χ3v) is 2.68. The fourth-order valence-electron chi connectivity index (χ4n) is 1.16. The predicted molar refractivity (Wildman–Crippen MR) is 62.8 cm³/mol. The first-order valence-electron chi connectivity index (χ1n) is 4.29. The zero-order chi connectivity index (χ0) is 8.81. The lowest BCUT2D eigenvalue weighted by atomic mass is 10.1. The first kappa shape index (κ1) is 12.8. The van der Waals surface area contributed by atoms with Crippen molar-refractivity contribution in [3.63, 3.8) is 0 Å². The number of rotatable bonds is 4. The van der Waals surface area contributed by atoms with Gasteiger partial charge in [-0.25, -0.2) is 0 Å². The predicted octanol–water partition coefficient (Wildman–Crippen LogP) is 2.72. The minimum Gasteiger partial charge on any atom is -0.330 e. The monoisotopic (exact) mass is 217 g/mol. The molecular formula is C10H16ClNS. The fourth-order valence-corrected chi connectivity index (χ4v) is 2.00. The van der Waals surface area contributed by atoms with Gasteiger partial charge in [-0.2, -0.15) is 0 Å². The smallest absolute Gasteiger partial charge is 0.0104 e. The summed E-state index contributed by atoms with van der Waals surface area (Å²) in [4.78, 5) is 1.38. The van der Waals surface area contributed by atoms with E-state index < -0.39 is 0 Å². The van der Waals surface area contributed by atoms with Crippen molar-refractivity contribution in [2.75, 3.05) is 12.3 Å². The standard InChI is InChI=1S/C10H15NS.ClH/c1-2-12-10-6-4-3-5-9(10)7-8-11;/h3-6H,2,7-8,11H2,1H3;1H. The van der Waals surface area contributed by atoms with Crippen molar-refractivity contribution in [1.82, 2.24) is 0 Å². The first-order valence-corrected chi connectivity index (χ1v) is 5.27. The van der Waals surface area contributed by atoms with Crippen molar-refractivity contribution >= 4 is 24.2 Å². The van der Waals surface area contributed by atoms with Gasteiger partial charge in [0.25, 0.3) is 0 Å². The normalized spacial score (nSPS) is 9.38. The lowest BCUT2D eigenvalue weighted by Crippen LogP contribution is -2.03. The molecule has 3 heteroatoms. The van der Waals surface area contributed by atoms with Gasteiger partial charge in [0.15, 0.2) is 0 Å². The summed E-state index contributed by atoms with van der Waals surface area (Å²) in [6.45, 7) is 2.91. The zero-order valence-corrected chi connectivity index (χ0v) is 9.46. The molecule has 1 rings (SSSR count). The van der Waals surface area contributed by atoms with Crippen molar-refractivity contribution < 1.29 is 0 Å². The highest BCUT2D eigenvalue weighted by atomic mass is 35.5. The Kier molecular flexibility index (Phi) is 7.14. The summed E-state index contributed by atoms with van der Waals surface area (Å²) in [6.07, 6.45) is 0.989. The van der Waals surface area contributed by atoms with Gasteiger partial charge in [-0.1, -0.05) is 25.1 Å². The van der Waals surface area contributed by atoms with Crippen LogP contribution in [-0.4, -0.2) is 12.3 Å². The Bertz CT molecular complexity index is 215. The van der Waals surface area contributed by atoms with Gasteiger partial charge >= 0.3 is 0 Å². The van der Waals surface area contributed by atoms with Crippen LogP contribution in [0, 0.1) is 0 Å². The molecule has 0 aromatic heterocycles. The van der Waals surface area contributed by atoms with Crippen LogP contribution in [-0.2, 0) is 6.42 Å². The van der Waals surface area contributed by atoms with E-state index in [1.165, 1.54) is 10.5 Å². The maximum absolute atomic E-state index is 5.52. The zero-order valence-electron chi connectivity index (χ0n) is 7.82. The van der Waals surface area contributed by atoms with E-state index in [4.69, 9.17) is 5.73 Å².